The van der Waals surface area contributed by atoms with E-state index in [9.17, 15) is 0 Å². The summed E-state index contributed by atoms with van der Waals surface area (Å²) >= 11 is 12.4. The molecule has 3 aromatic rings. The van der Waals surface area contributed by atoms with E-state index in [1.54, 1.807) is 49.7 Å². The highest BCUT2D eigenvalue weighted by molar-refractivity contribution is 6.39. The summed E-state index contributed by atoms with van der Waals surface area (Å²) in [6.07, 6.45) is 4.61. The van der Waals surface area contributed by atoms with Crippen LogP contribution in [0.4, 0.5) is 0 Å². The molecule has 7 heteroatoms. The highest BCUT2D eigenvalue weighted by atomic mass is 35.5. The van der Waals surface area contributed by atoms with Gasteiger partial charge in [-0.1, -0.05) is 34.4 Å². The van der Waals surface area contributed by atoms with Crippen LogP contribution in [-0.4, -0.2) is 17.6 Å². The molecule has 0 bridgehead atoms. The van der Waals surface area contributed by atoms with Crippen molar-refractivity contribution in [2.75, 3.05) is 0 Å². The number of benzene rings is 1. The van der Waals surface area contributed by atoms with Crippen molar-refractivity contribution in [3.8, 4) is 11.3 Å². The quantitative estimate of drug-likeness (QED) is 0.492. The van der Waals surface area contributed by atoms with Gasteiger partial charge in [0.25, 0.3) is 0 Å². The Bertz CT molecular complexity index is 847. The molecule has 0 spiro atoms. The maximum atomic E-state index is 6.22. The lowest BCUT2D eigenvalue weighted by molar-refractivity contribution is 0.399. The van der Waals surface area contributed by atoms with Crippen LogP contribution >= 0.6 is 23.2 Å². The molecule has 23 heavy (non-hydrogen) atoms. The van der Waals surface area contributed by atoms with Crippen LogP contribution in [0.15, 0.2) is 55.7 Å². The van der Waals surface area contributed by atoms with Gasteiger partial charge >= 0.3 is 0 Å². The predicted molar refractivity (Wildman–Crippen MR) is 90.6 cm³/mol. The fraction of sp³-hybridized carbons (Fsp3) is 0.0625. The number of nitrogens with zero attached hydrogens (tertiary/aromatic N) is 3. The Morgan fingerprint density at radius 3 is 2.48 bits per heavy atom. The molecule has 1 aromatic carbocycles. The van der Waals surface area contributed by atoms with Gasteiger partial charge in [0, 0.05) is 5.56 Å². The monoisotopic (exact) mass is 347 g/mol. The molecule has 0 N–H and O–H groups in total. The molecule has 0 unspecified atom stereocenters. The smallest absolute Gasteiger partial charge is 0.146 e. The molecule has 0 amide bonds. The Morgan fingerprint density at radius 1 is 1.04 bits per heavy atom. The summed E-state index contributed by atoms with van der Waals surface area (Å²) in [5.41, 5.74) is 1.79. The molecular weight excluding hydrogens is 337 g/mol. The first-order chi connectivity index (χ1) is 11.2. The van der Waals surface area contributed by atoms with Crippen molar-refractivity contribution < 1.29 is 8.94 Å². The summed E-state index contributed by atoms with van der Waals surface area (Å²) in [5, 5.41) is 12.9. The average Bonchev–Trinajstić information content (AvgIpc) is 3.15. The van der Waals surface area contributed by atoms with Crippen molar-refractivity contribution in [1.82, 2.24) is 5.16 Å². The highest BCUT2D eigenvalue weighted by Crippen LogP contribution is 2.36. The molecule has 0 saturated heterocycles. The van der Waals surface area contributed by atoms with E-state index in [0.717, 1.165) is 0 Å². The van der Waals surface area contributed by atoms with Gasteiger partial charge in [-0.3, -0.25) is 0 Å². The third kappa shape index (κ3) is 3.36. The first kappa shape index (κ1) is 15.5. The molecule has 0 aliphatic heterocycles. The van der Waals surface area contributed by atoms with E-state index in [1.165, 1.54) is 6.21 Å². The van der Waals surface area contributed by atoms with Gasteiger partial charge < -0.3 is 8.94 Å². The Labute approximate surface area is 142 Å². The normalized spacial score (nSPS) is 11.8. The van der Waals surface area contributed by atoms with Crippen LogP contribution in [0.25, 0.3) is 11.3 Å². The van der Waals surface area contributed by atoms with Crippen LogP contribution in [0.5, 0.6) is 0 Å². The van der Waals surface area contributed by atoms with E-state index < -0.39 is 0 Å². The van der Waals surface area contributed by atoms with E-state index in [0.29, 0.717) is 38.4 Å². The molecule has 0 atom stereocenters. The number of aryl methyl sites for hydroxylation is 1. The molecule has 2 aromatic heterocycles. The Kier molecular flexibility index (Phi) is 4.60. The van der Waals surface area contributed by atoms with Gasteiger partial charge in [-0.05, 0) is 31.2 Å². The second-order valence-electron chi connectivity index (χ2n) is 4.60. The van der Waals surface area contributed by atoms with Crippen molar-refractivity contribution in [2.24, 2.45) is 10.2 Å². The van der Waals surface area contributed by atoms with E-state index in [-0.39, 0.29) is 0 Å². The number of rotatable bonds is 4. The van der Waals surface area contributed by atoms with Crippen LogP contribution < -0.4 is 0 Å². The van der Waals surface area contributed by atoms with Crippen molar-refractivity contribution in [3.63, 3.8) is 0 Å². The minimum atomic E-state index is 0.486. The largest absolute Gasteiger partial charge is 0.463 e. The molecule has 0 aliphatic rings. The zero-order chi connectivity index (χ0) is 16.2. The standard InChI is InChI=1S/C16H11Cl2N3O2/c1-10-12(9-20-19-8-11-4-3-7-22-11)16(21-23-10)15-13(17)5-2-6-14(15)18/h2-9H,1H3/b19-8-,20-9-. The number of hydrogen-bond donors (Lipinski definition) is 0. The van der Waals surface area contributed by atoms with Gasteiger partial charge in [-0.2, -0.15) is 10.2 Å². The summed E-state index contributed by atoms with van der Waals surface area (Å²) in [6.45, 7) is 1.78. The molecule has 5 nitrogen and oxygen atoms in total. The van der Waals surface area contributed by atoms with Crippen LogP contribution in [0.2, 0.25) is 10.0 Å². The lowest BCUT2D eigenvalue weighted by atomic mass is 10.1. The van der Waals surface area contributed by atoms with Gasteiger partial charge in [0.15, 0.2) is 0 Å². The van der Waals surface area contributed by atoms with Crippen molar-refractivity contribution in [2.45, 2.75) is 6.92 Å². The third-order valence-electron chi connectivity index (χ3n) is 3.09. The summed E-state index contributed by atoms with van der Waals surface area (Å²) in [5.74, 6) is 1.20. The number of aromatic nitrogens is 1. The SMILES string of the molecule is Cc1onc(-c2c(Cl)cccc2Cl)c1/C=N\N=C/c1ccco1. The molecule has 2 heterocycles. The van der Waals surface area contributed by atoms with E-state index >= 15 is 0 Å². The van der Waals surface area contributed by atoms with E-state index in [4.69, 9.17) is 32.1 Å². The Balaban J connectivity index is 1.93. The first-order valence-corrected chi connectivity index (χ1v) is 7.43. The van der Waals surface area contributed by atoms with E-state index in [1.807, 2.05) is 0 Å². The van der Waals surface area contributed by atoms with Crippen LogP contribution in [0, 0.1) is 6.92 Å². The summed E-state index contributed by atoms with van der Waals surface area (Å²) in [7, 11) is 0. The van der Waals surface area contributed by atoms with Crippen molar-refractivity contribution in [3.05, 3.63) is 63.7 Å². The summed E-state index contributed by atoms with van der Waals surface area (Å²) in [6, 6.07) is 8.79. The second-order valence-corrected chi connectivity index (χ2v) is 5.42. The zero-order valence-electron chi connectivity index (χ0n) is 12.0. The molecular formula is C16H11Cl2N3O2. The van der Waals surface area contributed by atoms with E-state index in [2.05, 4.69) is 15.4 Å². The minimum Gasteiger partial charge on any atom is -0.463 e. The van der Waals surface area contributed by atoms with Crippen molar-refractivity contribution in [1.29, 1.82) is 0 Å². The fourth-order valence-electron chi connectivity index (χ4n) is 1.98. The Morgan fingerprint density at radius 2 is 1.78 bits per heavy atom. The molecule has 0 fully saturated rings. The number of furan rings is 1. The summed E-state index contributed by atoms with van der Waals surface area (Å²) < 4.78 is 10.4. The lowest BCUT2D eigenvalue weighted by Gasteiger charge is -2.03. The van der Waals surface area contributed by atoms with Gasteiger partial charge in [0.1, 0.15) is 17.2 Å². The summed E-state index contributed by atoms with van der Waals surface area (Å²) in [4.78, 5) is 0. The molecule has 0 radical (unpaired) electrons. The van der Waals surface area contributed by atoms with Gasteiger partial charge in [0.2, 0.25) is 0 Å². The average molecular weight is 348 g/mol. The maximum Gasteiger partial charge on any atom is 0.146 e. The number of halogens is 2. The van der Waals surface area contributed by atoms with Gasteiger partial charge in [-0.15, -0.1) is 0 Å². The third-order valence-corrected chi connectivity index (χ3v) is 3.72. The van der Waals surface area contributed by atoms with Gasteiger partial charge in [-0.25, -0.2) is 0 Å². The molecule has 116 valence electrons. The zero-order valence-corrected chi connectivity index (χ0v) is 13.5. The highest BCUT2D eigenvalue weighted by Gasteiger charge is 2.18. The minimum absolute atomic E-state index is 0.486. The Hall–Kier alpha value is -2.37. The second kappa shape index (κ2) is 6.81. The molecule has 3 rings (SSSR count). The van der Waals surface area contributed by atoms with Crippen LogP contribution in [0.3, 0.4) is 0 Å². The topological polar surface area (TPSA) is 63.9 Å². The van der Waals surface area contributed by atoms with Gasteiger partial charge in [0.05, 0.1) is 34.3 Å². The molecule has 0 saturated carbocycles. The first-order valence-electron chi connectivity index (χ1n) is 6.67. The van der Waals surface area contributed by atoms with Crippen LogP contribution in [0.1, 0.15) is 17.1 Å². The van der Waals surface area contributed by atoms with Crippen molar-refractivity contribution >= 4 is 35.6 Å². The molecule has 0 aliphatic carbocycles. The predicted octanol–water partition coefficient (Wildman–Crippen LogP) is 5.00. The maximum absolute atomic E-state index is 6.22. The lowest BCUT2D eigenvalue weighted by Crippen LogP contribution is -1.89. The fourth-order valence-corrected chi connectivity index (χ4v) is 2.56. The number of hydrogen-bond acceptors (Lipinski definition) is 5. The van der Waals surface area contributed by atoms with Crippen LogP contribution in [-0.2, 0) is 0 Å².